The molecule has 0 bridgehead atoms. The molecule has 0 spiro atoms. The van der Waals surface area contributed by atoms with Crippen LogP contribution in [-0.4, -0.2) is 24.0 Å². The highest BCUT2D eigenvalue weighted by Gasteiger charge is 2.33. The van der Waals surface area contributed by atoms with E-state index in [1.54, 1.807) is 0 Å². The van der Waals surface area contributed by atoms with Crippen molar-refractivity contribution in [3.8, 4) is 0 Å². The maximum absolute atomic E-state index is 6.19. The molecule has 1 fully saturated rings. The Morgan fingerprint density at radius 2 is 2.40 bits per heavy atom. The molecule has 1 aliphatic rings. The third-order valence-corrected chi connectivity index (χ3v) is 5.33. The number of likely N-dealkylation sites (tertiary alicyclic amines) is 1. The second-order valence-electron chi connectivity index (χ2n) is 4.08. The summed E-state index contributed by atoms with van der Waals surface area (Å²) >= 11 is 5.44. The molecule has 0 aromatic carbocycles. The molecule has 1 aliphatic heterocycles. The minimum atomic E-state index is 0.301. The SMILES string of the molecule is CCN1CCC(N)C1c1cc(Br)c(C)s1. The highest BCUT2D eigenvalue weighted by molar-refractivity contribution is 9.10. The first-order valence-electron chi connectivity index (χ1n) is 5.39. The van der Waals surface area contributed by atoms with E-state index >= 15 is 0 Å². The van der Waals surface area contributed by atoms with Crippen LogP contribution in [0.25, 0.3) is 0 Å². The Labute approximate surface area is 104 Å². The quantitative estimate of drug-likeness (QED) is 0.907. The molecule has 0 aliphatic carbocycles. The number of rotatable bonds is 2. The molecular weight excluding hydrogens is 272 g/mol. The first kappa shape index (κ1) is 11.6. The molecule has 2 heterocycles. The van der Waals surface area contributed by atoms with Crippen molar-refractivity contribution in [3.05, 3.63) is 20.3 Å². The average molecular weight is 289 g/mol. The van der Waals surface area contributed by atoms with E-state index in [0.717, 1.165) is 19.5 Å². The Morgan fingerprint density at radius 1 is 1.67 bits per heavy atom. The van der Waals surface area contributed by atoms with Crippen molar-refractivity contribution in [2.45, 2.75) is 32.4 Å². The fourth-order valence-electron chi connectivity index (χ4n) is 2.26. The number of thiophene rings is 1. The number of nitrogens with zero attached hydrogens (tertiary/aromatic N) is 1. The van der Waals surface area contributed by atoms with Gasteiger partial charge in [-0.2, -0.15) is 0 Å². The first-order valence-corrected chi connectivity index (χ1v) is 7.00. The van der Waals surface area contributed by atoms with Gasteiger partial charge in [0.05, 0.1) is 6.04 Å². The third-order valence-electron chi connectivity index (χ3n) is 3.12. The molecule has 2 atom stereocenters. The van der Waals surface area contributed by atoms with Gasteiger partial charge in [0.2, 0.25) is 0 Å². The fourth-order valence-corrected chi connectivity index (χ4v) is 4.03. The van der Waals surface area contributed by atoms with Crippen molar-refractivity contribution in [3.63, 3.8) is 0 Å². The Balaban J connectivity index is 2.28. The van der Waals surface area contributed by atoms with Crippen molar-refractivity contribution < 1.29 is 0 Å². The largest absolute Gasteiger partial charge is 0.326 e. The van der Waals surface area contributed by atoms with Crippen molar-refractivity contribution >= 4 is 27.3 Å². The van der Waals surface area contributed by atoms with Crippen LogP contribution >= 0.6 is 27.3 Å². The normalized spacial score (nSPS) is 27.5. The van der Waals surface area contributed by atoms with Crippen molar-refractivity contribution in [1.82, 2.24) is 4.90 Å². The highest BCUT2D eigenvalue weighted by atomic mass is 79.9. The molecule has 0 radical (unpaired) electrons. The van der Waals surface area contributed by atoms with E-state index in [1.165, 1.54) is 14.2 Å². The van der Waals surface area contributed by atoms with Crippen molar-refractivity contribution in [2.24, 2.45) is 5.73 Å². The van der Waals surface area contributed by atoms with E-state index in [9.17, 15) is 0 Å². The van der Waals surface area contributed by atoms with Gasteiger partial charge in [-0.1, -0.05) is 6.92 Å². The van der Waals surface area contributed by atoms with E-state index < -0.39 is 0 Å². The molecule has 1 aromatic rings. The second kappa shape index (κ2) is 4.53. The van der Waals surface area contributed by atoms with E-state index in [4.69, 9.17) is 5.73 Å². The molecule has 84 valence electrons. The Morgan fingerprint density at radius 3 is 2.93 bits per heavy atom. The molecule has 1 aromatic heterocycles. The molecule has 2 unspecified atom stereocenters. The molecule has 1 saturated heterocycles. The van der Waals surface area contributed by atoms with Crippen LogP contribution in [-0.2, 0) is 0 Å². The third kappa shape index (κ3) is 2.13. The lowest BCUT2D eigenvalue weighted by Crippen LogP contribution is -2.31. The summed E-state index contributed by atoms with van der Waals surface area (Å²) in [6.45, 7) is 6.58. The topological polar surface area (TPSA) is 29.3 Å². The van der Waals surface area contributed by atoms with Crippen LogP contribution in [0.15, 0.2) is 10.5 Å². The molecule has 2 nitrogen and oxygen atoms in total. The molecule has 2 N–H and O–H groups in total. The minimum absolute atomic E-state index is 0.301. The van der Waals surface area contributed by atoms with E-state index in [0.29, 0.717) is 12.1 Å². The van der Waals surface area contributed by atoms with Crippen molar-refractivity contribution in [2.75, 3.05) is 13.1 Å². The van der Waals surface area contributed by atoms with Gasteiger partial charge in [0.1, 0.15) is 0 Å². The van der Waals surface area contributed by atoms with Gasteiger partial charge in [0.15, 0.2) is 0 Å². The number of aryl methyl sites for hydroxylation is 1. The minimum Gasteiger partial charge on any atom is -0.326 e. The van der Waals surface area contributed by atoms with Crippen LogP contribution in [0.1, 0.15) is 29.1 Å². The molecule has 0 amide bonds. The maximum Gasteiger partial charge on any atom is 0.0594 e. The Kier molecular flexibility index (Phi) is 3.50. The van der Waals surface area contributed by atoms with E-state index in [2.05, 4.69) is 40.7 Å². The van der Waals surface area contributed by atoms with Crippen molar-refractivity contribution in [1.29, 1.82) is 0 Å². The molecule has 2 rings (SSSR count). The monoisotopic (exact) mass is 288 g/mol. The van der Waals surface area contributed by atoms with Gasteiger partial charge in [-0.25, -0.2) is 0 Å². The van der Waals surface area contributed by atoms with Gasteiger partial charge < -0.3 is 5.73 Å². The number of hydrogen-bond acceptors (Lipinski definition) is 3. The van der Waals surface area contributed by atoms with Gasteiger partial charge in [-0.15, -0.1) is 11.3 Å². The average Bonchev–Trinajstić information content (AvgIpc) is 2.71. The van der Waals surface area contributed by atoms with Gasteiger partial charge in [-0.3, -0.25) is 4.90 Å². The van der Waals surface area contributed by atoms with Gasteiger partial charge in [0, 0.05) is 26.8 Å². The first-order chi connectivity index (χ1) is 7.13. The standard InChI is InChI=1S/C11H17BrN2S/c1-3-14-5-4-9(13)11(14)10-6-8(12)7(2)15-10/h6,9,11H,3-5,13H2,1-2H3. The zero-order valence-electron chi connectivity index (χ0n) is 9.16. The number of nitrogens with two attached hydrogens (primary N) is 1. The van der Waals surface area contributed by atoms with Crippen LogP contribution < -0.4 is 5.73 Å². The van der Waals surface area contributed by atoms with E-state index in [1.807, 2.05) is 11.3 Å². The summed E-state index contributed by atoms with van der Waals surface area (Å²) in [6, 6.07) is 2.97. The summed E-state index contributed by atoms with van der Waals surface area (Å²) < 4.78 is 1.22. The highest BCUT2D eigenvalue weighted by Crippen LogP contribution is 2.38. The molecule has 4 heteroatoms. The second-order valence-corrected chi connectivity index (χ2v) is 6.22. The van der Waals surface area contributed by atoms with Gasteiger partial charge in [0.25, 0.3) is 0 Å². The molecular formula is C11H17BrN2S. The summed E-state index contributed by atoms with van der Waals surface area (Å²) in [4.78, 5) is 5.23. The summed E-state index contributed by atoms with van der Waals surface area (Å²) in [6.07, 6.45) is 1.12. The summed E-state index contributed by atoms with van der Waals surface area (Å²) in [5.74, 6) is 0. The van der Waals surface area contributed by atoms with Crippen LogP contribution in [0, 0.1) is 6.92 Å². The predicted molar refractivity (Wildman–Crippen MR) is 69.3 cm³/mol. The predicted octanol–water partition coefficient (Wildman–Crippen LogP) is 2.91. The Hall–Kier alpha value is 0.1000. The lowest BCUT2D eigenvalue weighted by atomic mass is 10.1. The Bertz CT molecular complexity index is 331. The lowest BCUT2D eigenvalue weighted by molar-refractivity contribution is 0.264. The summed E-state index contributed by atoms with van der Waals surface area (Å²) in [5.41, 5.74) is 6.19. The van der Waals surface area contributed by atoms with Crippen LogP contribution in [0.4, 0.5) is 0 Å². The summed E-state index contributed by atoms with van der Waals surface area (Å²) in [5, 5.41) is 0. The smallest absolute Gasteiger partial charge is 0.0594 e. The lowest BCUT2D eigenvalue weighted by Gasteiger charge is -2.24. The number of halogens is 1. The zero-order valence-corrected chi connectivity index (χ0v) is 11.6. The summed E-state index contributed by atoms with van der Waals surface area (Å²) in [7, 11) is 0. The zero-order chi connectivity index (χ0) is 11.0. The van der Waals surface area contributed by atoms with Gasteiger partial charge in [-0.05, 0) is 41.9 Å². The maximum atomic E-state index is 6.19. The molecule has 0 saturated carbocycles. The van der Waals surface area contributed by atoms with Crippen LogP contribution in [0.3, 0.4) is 0 Å². The van der Waals surface area contributed by atoms with Crippen LogP contribution in [0.5, 0.6) is 0 Å². The van der Waals surface area contributed by atoms with Crippen LogP contribution in [0.2, 0.25) is 0 Å². The molecule has 15 heavy (non-hydrogen) atoms. The number of hydrogen-bond donors (Lipinski definition) is 1. The fraction of sp³-hybridized carbons (Fsp3) is 0.636. The van der Waals surface area contributed by atoms with Gasteiger partial charge >= 0.3 is 0 Å². The number of likely N-dealkylation sites (N-methyl/N-ethyl adjacent to an activating group) is 1. The van der Waals surface area contributed by atoms with E-state index in [-0.39, 0.29) is 0 Å².